The number of amides is 1. The van der Waals surface area contributed by atoms with Gasteiger partial charge >= 0.3 is 0 Å². The number of rotatable bonds is 6. The summed E-state index contributed by atoms with van der Waals surface area (Å²) in [6, 6.07) is 13.4. The fourth-order valence-corrected chi connectivity index (χ4v) is 2.27. The van der Waals surface area contributed by atoms with E-state index in [1.807, 2.05) is 24.3 Å². The Labute approximate surface area is 136 Å². The van der Waals surface area contributed by atoms with E-state index >= 15 is 0 Å². The van der Waals surface area contributed by atoms with Crippen LogP contribution in [0.2, 0.25) is 0 Å². The Balaban J connectivity index is 2.05. The van der Waals surface area contributed by atoms with Gasteiger partial charge in [0.15, 0.2) is 6.10 Å². The molecule has 0 fully saturated rings. The molecule has 23 heavy (non-hydrogen) atoms. The molecule has 3 nitrogen and oxygen atoms in total. The molecular formula is C19H22FNO2. The van der Waals surface area contributed by atoms with E-state index in [9.17, 15) is 9.18 Å². The number of ether oxygens (including phenoxy) is 1. The van der Waals surface area contributed by atoms with Gasteiger partial charge in [0.2, 0.25) is 0 Å². The molecule has 0 saturated carbocycles. The average molecular weight is 315 g/mol. The van der Waals surface area contributed by atoms with Crippen LogP contribution in [-0.4, -0.2) is 12.0 Å². The molecule has 1 amide bonds. The Morgan fingerprint density at radius 3 is 2.43 bits per heavy atom. The molecule has 2 atom stereocenters. The van der Waals surface area contributed by atoms with E-state index in [1.165, 1.54) is 24.3 Å². The zero-order chi connectivity index (χ0) is 16.8. The lowest BCUT2D eigenvalue weighted by Crippen LogP contribution is -2.30. The quantitative estimate of drug-likeness (QED) is 0.835. The molecule has 2 aromatic rings. The molecule has 2 rings (SSSR count). The van der Waals surface area contributed by atoms with Gasteiger partial charge in [0.1, 0.15) is 11.6 Å². The monoisotopic (exact) mass is 315 g/mol. The number of halogens is 1. The zero-order valence-corrected chi connectivity index (χ0v) is 13.7. The molecule has 0 unspecified atom stereocenters. The molecule has 4 heteroatoms. The van der Waals surface area contributed by atoms with Gasteiger partial charge < -0.3 is 10.1 Å². The Kier molecular flexibility index (Phi) is 5.74. The van der Waals surface area contributed by atoms with E-state index < -0.39 is 6.10 Å². The fraction of sp³-hybridized carbons (Fsp3) is 0.316. The first-order valence-electron chi connectivity index (χ1n) is 7.83. The molecule has 0 spiro atoms. The molecule has 0 aliphatic rings. The summed E-state index contributed by atoms with van der Waals surface area (Å²) in [7, 11) is 0. The highest BCUT2D eigenvalue weighted by Crippen LogP contribution is 2.26. The Morgan fingerprint density at radius 1 is 1.13 bits per heavy atom. The van der Waals surface area contributed by atoms with Crippen molar-refractivity contribution in [1.82, 2.24) is 0 Å². The van der Waals surface area contributed by atoms with Gasteiger partial charge in [0, 0.05) is 5.69 Å². The molecule has 0 heterocycles. The first-order valence-corrected chi connectivity index (χ1v) is 7.83. The van der Waals surface area contributed by atoms with Gasteiger partial charge in [-0.05, 0) is 55.2 Å². The standard InChI is InChI=1S/C19H22FNO2/c1-4-13(2)17-7-5-6-8-18(17)21-19(22)14(3)23-16-11-9-15(20)10-12-16/h5-14H,4H2,1-3H3,(H,21,22)/t13-,14+/m1/s1. The number of anilines is 1. The molecule has 0 bridgehead atoms. The van der Waals surface area contributed by atoms with Crippen LogP contribution in [0, 0.1) is 5.82 Å². The third kappa shape index (κ3) is 4.55. The van der Waals surface area contributed by atoms with Gasteiger partial charge in [0.05, 0.1) is 0 Å². The number of hydrogen-bond donors (Lipinski definition) is 1. The van der Waals surface area contributed by atoms with Crippen molar-refractivity contribution in [1.29, 1.82) is 0 Å². The normalized spacial score (nSPS) is 13.2. The minimum absolute atomic E-state index is 0.231. The van der Waals surface area contributed by atoms with Gasteiger partial charge in [-0.2, -0.15) is 0 Å². The summed E-state index contributed by atoms with van der Waals surface area (Å²) in [6.45, 7) is 5.91. The highest BCUT2D eigenvalue weighted by Gasteiger charge is 2.17. The van der Waals surface area contributed by atoms with Crippen molar-refractivity contribution < 1.29 is 13.9 Å². The topological polar surface area (TPSA) is 38.3 Å². The van der Waals surface area contributed by atoms with E-state index in [4.69, 9.17) is 4.74 Å². The van der Waals surface area contributed by atoms with Crippen LogP contribution < -0.4 is 10.1 Å². The summed E-state index contributed by atoms with van der Waals surface area (Å²) in [5, 5.41) is 2.92. The van der Waals surface area contributed by atoms with Gasteiger partial charge in [-0.3, -0.25) is 4.79 Å². The largest absolute Gasteiger partial charge is 0.481 e. The van der Waals surface area contributed by atoms with E-state index in [1.54, 1.807) is 6.92 Å². The van der Waals surface area contributed by atoms with Crippen LogP contribution in [0.1, 0.15) is 38.7 Å². The number of para-hydroxylation sites is 1. The molecule has 0 aromatic heterocycles. The van der Waals surface area contributed by atoms with Crippen LogP contribution in [0.5, 0.6) is 5.75 Å². The van der Waals surface area contributed by atoms with Crippen molar-refractivity contribution >= 4 is 11.6 Å². The molecule has 0 aliphatic carbocycles. The molecule has 122 valence electrons. The maximum absolute atomic E-state index is 12.9. The number of carbonyl (C=O) groups excluding carboxylic acids is 1. The van der Waals surface area contributed by atoms with Gasteiger partial charge in [0.25, 0.3) is 5.91 Å². The SMILES string of the molecule is CC[C@@H](C)c1ccccc1NC(=O)[C@H](C)Oc1ccc(F)cc1. The van der Waals surface area contributed by atoms with Crippen LogP contribution in [0.25, 0.3) is 0 Å². The van der Waals surface area contributed by atoms with E-state index in [-0.39, 0.29) is 11.7 Å². The highest BCUT2D eigenvalue weighted by molar-refractivity contribution is 5.94. The molecule has 2 aromatic carbocycles. The van der Waals surface area contributed by atoms with Crippen molar-refractivity contribution in [3.05, 3.63) is 59.9 Å². The van der Waals surface area contributed by atoms with E-state index in [0.29, 0.717) is 11.7 Å². The second-order valence-corrected chi connectivity index (χ2v) is 5.60. The number of nitrogens with one attached hydrogen (secondary N) is 1. The van der Waals surface area contributed by atoms with Crippen LogP contribution in [0.3, 0.4) is 0 Å². The maximum Gasteiger partial charge on any atom is 0.265 e. The van der Waals surface area contributed by atoms with Crippen molar-refractivity contribution in [2.75, 3.05) is 5.32 Å². The second-order valence-electron chi connectivity index (χ2n) is 5.60. The van der Waals surface area contributed by atoms with Gasteiger partial charge in [-0.25, -0.2) is 4.39 Å². The lowest BCUT2D eigenvalue weighted by molar-refractivity contribution is -0.122. The molecule has 0 saturated heterocycles. The summed E-state index contributed by atoms with van der Waals surface area (Å²) in [6.07, 6.45) is 0.319. The van der Waals surface area contributed by atoms with Crippen LogP contribution >= 0.6 is 0 Å². The summed E-state index contributed by atoms with van der Waals surface area (Å²) in [5.74, 6) is 0.256. The van der Waals surface area contributed by atoms with E-state index in [0.717, 1.165) is 17.7 Å². The number of benzene rings is 2. The van der Waals surface area contributed by atoms with Crippen LogP contribution in [0.15, 0.2) is 48.5 Å². The van der Waals surface area contributed by atoms with Crippen LogP contribution in [0.4, 0.5) is 10.1 Å². The number of carbonyl (C=O) groups is 1. The minimum Gasteiger partial charge on any atom is -0.481 e. The Bertz CT molecular complexity index is 655. The smallest absolute Gasteiger partial charge is 0.265 e. The predicted molar refractivity (Wildman–Crippen MR) is 90.3 cm³/mol. The lowest BCUT2D eigenvalue weighted by Gasteiger charge is -2.18. The summed E-state index contributed by atoms with van der Waals surface area (Å²) in [5.41, 5.74) is 1.92. The fourth-order valence-electron chi connectivity index (χ4n) is 2.27. The molecule has 1 N–H and O–H groups in total. The third-order valence-electron chi connectivity index (χ3n) is 3.86. The van der Waals surface area contributed by atoms with Crippen LogP contribution in [-0.2, 0) is 4.79 Å². The van der Waals surface area contributed by atoms with Crippen molar-refractivity contribution in [3.8, 4) is 5.75 Å². The highest BCUT2D eigenvalue weighted by atomic mass is 19.1. The maximum atomic E-state index is 12.9. The second kappa shape index (κ2) is 7.77. The third-order valence-corrected chi connectivity index (χ3v) is 3.86. The van der Waals surface area contributed by atoms with Gasteiger partial charge in [-0.15, -0.1) is 0 Å². The minimum atomic E-state index is -0.676. The Morgan fingerprint density at radius 2 is 1.78 bits per heavy atom. The predicted octanol–water partition coefficient (Wildman–Crippen LogP) is 4.75. The summed E-state index contributed by atoms with van der Waals surface area (Å²) in [4.78, 5) is 12.3. The zero-order valence-electron chi connectivity index (χ0n) is 13.7. The van der Waals surface area contributed by atoms with Gasteiger partial charge in [-0.1, -0.05) is 32.0 Å². The first-order chi connectivity index (χ1) is 11.0. The first kappa shape index (κ1) is 17.0. The molecule has 0 aliphatic heterocycles. The lowest BCUT2D eigenvalue weighted by atomic mass is 9.97. The molecular weight excluding hydrogens is 293 g/mol. The van der Waals surface area contributed by atoms with Crippen molar-refractivity contribution in [2.24, 2.45) is 0 Å². The summed E-state index contributed by atoms with van der Waals surface area (Å²) < 4.78 is 18.4. The van der Waals surface area contributed by atoms with E-state index in [2.05, 4.69) is 19.2 Å². The Hall–Kier alpha value is -2.36. The van der Waals surface area contributed by atoms with Crippen molar-refractivity contribution in [3.63, 3.8) is 0 Å². The summed E-state index contributed by atoms with van der Waals surface area (Å²) >= 11 is 0. The van der Waals surface area contributed by atoms with Crippen molar-refractivity contribution in [2.45, 2.75) is 39.2 Å². The number of hydrogen-bond acceptors (Lipinski definition) is 2. The average Bonchev–Trinajstić information content (AvgIpc) is 2.56. The molecule has 0 radical (unpaired) electrons.